The molecule has 0 aromatic heterocycles. The molecule has 0 aliphatic carbocycles. The highest BCUT2D eigenvalue weighted by molar-refractivity contribution is 6.91. The van der Waals surface area contributed by atoms with Crippen molar-refractivity contribution in [2.45, 2.75) is 82.0 Å². The number of hydrogen-bond acceptors (Lipinski definition) is 7. The number of nitrogens with one attached hydrogen (secondary N) is 2. The number of fused-ring (bicyclic) bond motifs is 2. The van der Waals surface area contributed by atoms with E-state index >= 15 is 4.79 Å². The molecule has 4 heterocycles. The lowest BCUT2D eigenvalue weighted by atomic mass is 9.82. The Bertz CT molecular complexity index is 1780. The molecular weight excluding hydrogens is 673 g/mol. The molecule has 3 aromatic carbocycles. The van der Waals surface area contributed by atoms with Crippen molar-refractivity contribution in [1.29, 1.82) is 0 Å². The normalized spacial score (nSPS) is 27.2. The number of benzene rings is 3. The molecule has 3 amide bonds. The first-order chi connectivity index (χ1) is 25.1. The van der Waals surface area contributed by atoms with Gasteiger partial charge in [-0.2, -0.15) is 0 Å². The average molecular weight is 725 g/mol. The van der Waals surface area contributed by atoms with Crippen molar-refractivity contribution in [2.24, 2.45) is 11.8 Å². The Balaban J connectivity index is 1.19. The molecule has 10 nitrogen and oxygen atoms in total. The maximum Gasteiger partial charge on any atom is 0.264 e. The van der Waals surface area contributed by atoms with E-state index in [9.17, 15) is 14.7 Å². The maximum absolute atomic E-state index is 15.1. The van der Waals surface area contributed by atoms with E-state index in [-0.39, 0.29) is 54.2 Å². The number of para-hydroxylation sites is 1. The van der Waals surface area contributed by atoms with Gasteiger partial charge in [-0.15, -0.1) is 0 Å². The molecule has 4 aliphatic rings. The van der Waals surface area contributed by atoms with Crippen molar-refractivity contribution in [3.8, 4) is 5.75 Å². The van der Waals surface area contributed by atoms with Crippen LogP contribution in [-0.4, -0.2) is 81.3 Å². The van der Waals surface area contributed by atoms with Gasteiger partial charge in [0, 0.05) is 30.3 Å². The van der Waals surface area contributed by atoms with Gasteiger partial charge in [-0.25, -0.2) is 0 Å². The van der Waals surface area contributed by atoms with Gasteiger partial charge in [0.25, 0.3) is 5.91 Å². The van der Waals surface area contributed by atoms with Gasteiger partial charge in [-0.1, -0.05) is 67.7 Å². The van der Waals surface area contributed by atoms with E-state index in [0.717, 1.165) is 60.5 Å². The van der Waals surface area contributed by atoms with Crippen LogP contribution in [-0.2, 0) is 31.3 Å². The van der Waals surface area contributed by atoms with Crippen LogP contribution in [0.15, 0.2) is 72.8 Å². The Morgan fingerprint density at radius 2 is 1.79 bits per heavy atom. The summed E-state index contributed by atoms with van der Waals surface area (Å²) in [6.45, 7) is 9.32. The molecule has 7 rings (SSSR count). The van der Waals surface area contributed by atoms with Crippen molar-refractivity contribution in [3.05, 3.63) is 83.9 Å². The van der Waals surface area contributed by atoms with Crippen LogP contribution in [0.3, 0.4) is 0 Å². The second-order valence-electron chi connectivity index (χ2n) is 15.6. The van der Waals surface area contributed by atoms with Crippen LogP contribution in [0.1, 0.15) is 50.2 Å². The number of ether oxygens (including phenoxy) is 2. The summed E-state index contributed by atoms with van der Waals surface area (Å²) >= 11 is 0. The van der Waals surface area contributed by atoms with Crippen molar-refractivity contribution in [2.75, 3.05) is 43.6 Å². The van der Waals surface area contributed by atoms with Gasteiger partial charge in [0.15, 0.2) is 5.60 Å². The average Bonchev–Trinajstić information content (AvgIpc) is 3.83. The van der Waals surface area contributed by atoms with E-state index in [0.29, 0.717) is 19.6 Å². The highest BCUT2D eigenvalue weighted by Crippen LogP contribution is 2.60. The number of carbonyl (C=O) groups excluding carboxylic acids is 3. The molecule has 6 atom stereocenters. The number of aliphatic hydroxyl groups is 1. The zero-order valence-corrected chi connectivity index (χ0v) is 31.8. The van der Waals surface area contributed by atoms with E-state index in [4.69, 9.17) is 9.47 Å². The third-order valence-electron chi connectivity index (χ3n) is 12.3. The SMILES string of the molecule is COc1ccc([Si](C)(C)[C@H]2[C@H](CC(=O)N3CCC[C@H]3CO)O[C@@]3(C(=O)N(Cc4ccc(NC(=O)C5CCCNC5)cc4)c4ccccc43)[C@@H]2C)cc1. The van der Waals surface area contributed by atoms with Gasteiger partial charge in [0.2, 0.25) is 11.8 Å². The molecule has 4 aliphatic heterocycles. The fourth-order valence-corrected chi connectivity index (χ4v) is 13.5. The predicted molar refractivity (Wildman–Crippen MR) is 204 cm³/mol. The Kier molecular flexibility index (Phi) is 10.3. The molecule has 3 fully saturated rings. The number of aliphatic hydroxyl groups excluding tert-OH is 1. The summed E-state index contributed by atoms with van der Waals surface area (Å²) in [5, 5.41) is 17.6. The number of nitrogens with zero attached hydrogens (tertiary/aromatic N) is 2. The summed E-state index contributed by atoms with van der Waals surface area (Å²) in [7, 11) is -0.765. The van der Waals surface area contributed by atoms with Crippen molar-refractivity contribution < 1.29 is 29.0 Å². The number of methoxy groups -OCH3 is 1. The van der Waals surface area contributed by atoms with Crippen LogP contribution in [0.25, 0.3) is 0 Å². The quantitative estimate of drug-likeness (QED) is 0.258. The zero-order valence-electron chi connectivity index (χ0n) is 30.8. The summed E-state index contributed by atoms with van der Waals surface area (Å²) in [6.07, 6.45) is 3.19. The molecule has 3 N–H and O–H groups in total. The molecule has 11 heteroatoms. The lowest BCUT2D eigenvalue weighted by Crippen LogP contribution is -2.52. The minimum atomic E-state index is -2.42. The maximum atomic E-state index is 15.1. The molecule has 1 spiro atoms. The van der Waals surface area contributed by atoms with Gasteiger partial charge in [0.1, 0.15) is 5.75 Å². The molecule has 0 radical (unpaired) electrons. The highest BCUT2D eigenvalue weighted by atomic mass is 28.3. The minimum absolute atomic E-state index is 0.0261. The molecule has 276 valence electrons. The predicted octanol–water partition coefficient (Wildman–Crippen LogP) is 4.77. The van der Waals surface area contributed by atoms with E-state index in [1.54, 1.807) is 7.11 Å². The topological polar surface area (TPSA) is 120 Å². The van der Waals surface area contributed by atoms with E-state index < -0.39 is 19.8 Å². The molecule has 52 heavy (non-hydrogen) atoms. The lowest BCUT2D eigenvalue weighted by molar-refractivity contribution is -0.150. The smallest absolute Gasteiger partial charge is 0.264 e. The van der Waals surface area contributed by atoms with E-state index in [1.807, 2.05) is 70.5 Å². The van der Waals surface area contributed by atoms with Crippen LogP contribution in [0.5, 0.6) is 5.75 Å². The van der Waals surface area contributed by atoms with Gasteiger partial charge in [0.05, 0.1) is 58.5 Å². The third kappa shape index (κ3) is 6.46. The number of piperidine rings is 1. The Labute approximate surface area is 307 Å². The lowest BCUT2D eigenvalue weighted by Gasteiger charge is -2.37. The molecule has 0 saturated carbocycles. The van der Waals surface area contributed by atoms with Crippen molar-refractivity contribution >= 4 is 42.4 Å². The summed E-state index contributed by atoms with van der Waals surface area (Å²) < 4.78 is 12.6. The minimum Gasteiger partial charge on any atom is -0.497 e. The number of rotatable bonds is 10. The van der Waals surface area contributed by atoms with E-state index in [1.165, 1.54) is 5.19 Å². The van der Waals surface area contributed by atoms with Gasteiger partial charge < -0.3 is 35.0 Å². The number of amides is 3. The number of anilines is 2. The fourth-order valence-electron chi connectivity index (χ4n) is 9.46. The van der Waals surface area contributed by atoms with Crippen molar-refractivity contribution in [1.82, 2.24) is 10.2 Å². The third-order valence-corrected chi connectivity index (χ3v) is 16.6. The molecule has 1 unspecified atom stereocenters. The molecule has 3 saturated heterocycles. The van der Waals surface area contributed by atoms with E-state index in [2.05, 4.69) is 42.8 Å². The number of likely N-dealkylation sites (tertiary alicyclic amines) is 1. The first kappa shape index (κ1) is 36.3. The number of carbonyl (C=O) groups is 3. The van der Waals surface area contributed by atoms with Gasteiger partial charge in [-0.05, 0) is 73.7 Å². The standard InChI is InChI=1S/C41H52N4O6Si/c1-27-38(52(3,4)33-19-17-32(50-2)18-20-33)36(23-37(47)44-22-8-10-31(44)26-46)51-41(27)34-11-5-6-12-35(34)45(40(41)49)25-28-13-15-30(16-14-28)43-39(48)29-9-7-21-42-24-29/h5-6,11-20,27,29,31,36,38,42,46H,7-10,21-26H2,1-4H3,(H,43,48)/t27-,29?,31+,36+,38-,41+/m1/s1. The monoisotopic (exact) mass is 724 g/mol. The Hall–Kier alpha value is -4.03. The molecule has 0 bridgehead atoms. The molecule has 3 aromatic rings. The van der Waals surface area contributed by atoms with Crippen LogP contribution in [0.4, 0.5) is 11.4 Å². The summed E-state index contributed by atoms with van der Waals surface area (Å²) in [5.74, 6) is 0.396. The van der Waals surface area contributed by atoms with Crippen LogP contribution in [0, 0.1) is 11.8 Å². The van der Waals surface area contributed by atoms with Crippen LogP contribution < -0.4 is 25.5 Å². The first-order valence-electron chi connectivity index (χ1n) is 18.8. The summed E-state index contributed by atoms with van der Waals surface area (Å²) in [4.78, 5) is 45.6. The van der Waals surface area contributed by atoms with Gasteiger partial charge >= 0.3 is 0 Å². The molecular formula is C41H52N4O6Si. The second kappa shape index (κ2) is 14.8. The van der Waals surface area contributed by atoms with Crippen molar-refractivity contribution in [3.63, 3.8) is 0 Å². The van der Waals surface area contributed by atoms with Gasteiger partial charge in [-0.3, -0.25) is 14.4 Å². The Morgan fingerprint density at radius 1 is 1.04 bits per heavy atom. The largest absolute Gasteiger partial charge is 0.497 e. The first-order valence-corrected chi connectivity index (χ1v) is 21.9. The fraction of sp³-hybridized carbons (Fsp3) is 0.488. The Morgan fingerprint density at radius 3 is 2.48 bits per heavy atom. The zero-order chi connectivity index (χ0) is 36.6. The summed E-state index contributed by atoms with van der Waals surface area (Å²) in [5.41, 5.74) is 2.00. The van der Waals surface area contributed by atoms with Crippen LogP contribution >= 0.6 is 0 Å². The number of hydrogen-bond donors (Lipinski definition) is 3. The second-order valence-corrected chi connectivity index (χ2v) is 20.3. The summed E-state index contributed by atoms with van der Waals surface area (Å²) in [6, 6.07) is 23.7. The van der Waals surface area contributed by atoms with Crippen LogP contribution in [0.2, 0.25) is 18.6 Å². The highest BCUT2D eigenvalue weighted by Gasteiger charge is 2.66.